The second kappa shape index (κ2) is 7.76. The lowest BCUT2D eigenvalue weighted by Gasteiger charge is -2.13. The summed E-state index contributed by atoms with van der Waals surface area (Å²) >= 11 is 0. The number of likely N-dealkylation sites (N-methyl/N-ethyl adjacent to an activating group) is 1. The molecule has 0 fully saturated rings. The van der Waals surface area contributed by atoms with Crippen molar-refractivity contribution >= 4 is 5.91 Å². The van der Waals surface area contributed by atoms with Gasteiger partial charge in [0.2, 0.25) is 5.91 Å². The quantitative estimate of drug-likeness (QED) is 0.667. The smallest absolute Gasteiger partial charge is 0.233 e. The summed E-state index contributed by atoms with van der Waals surface area (Å²) in [6.45, 7) is 4.71. The fraction of sp³-hybridized carbons (Fsp3) is 0.500. The Balaban J connectivity index is 2.29. The predicted molar refractivity (Wildman–Crippen MR) is 74.4 cm³/mol. The first kappa shape index (κ1) is 15.5. The number of aryl methyl sites for hydroxylation is 2. The monoisotopic (exact) mass is 266 g/mol. The lowest BCUT2D eigenvalue weighted by Crippen LogP contribution is -2.37. The number of aliphatic hydroxyl groups is 1. The van der Waals surface area contributed by atoms with Crippen molar-refractivity contribution in [3.63, 3.8) is 0 Å². The van der Waals surface area contributed by atoms with Gasteiger partial charge in [0.15, 0.2) is 0 Å². The van der Waals surface area contributed by atoms with E-state index in [-0.39, 0.29) is 19.1 Å². The van der Waals surface area contributed by atoms with Gasteiger partial charge in [0.05, 0.1) is 6.54 Å². The molecule has 1 unspecified atom stereocenters. The Hall–Kier alpha value is -1.59. The molecule has 1 amide bonds. The molecule has 1 atom stereocenters. The molecule has 0 spiro atoms. The van der Waals surface area contributed by atoms with Crippen molar-refractivity contribution in [1.82, 2.24) is 10.6 Å². The zero-order valence-electron chi connectivity index (χ0n) is 11.7. The van der Waals surface area contributed by atoms with E-state index in [4.69, 9.17) is 4.74 Å². The number of hydrogen-bond acceptors (Lipinski definition) is 4. The summed E-state index contributed by atoms with van der Waals surface area (Å²) in [6, 6.07) is 5.92. The Morgan fingerprint density at radius 3 is 2.53 bits per heavy atom. The number of benzene rings is 1. The summed E-state index contributed by atoms with van der Waals surface area (Å²) in [4.78, 5) is 11.0. The number of rotatable bonds is 7. The van der Waals surface area contributed by atoms with Gasteiger partial charge >= 0.3 is 0 Å². The van der Waals surface area contributed by atoms with Crippen molar-refractivity contribution in [2.75, 3.05) is 26.7 Å². The van der Waals surface area contributed by atoms with Crippen molar-refractivity contribution in [1.29, 1.82) is 0 Å². The molecule has 3 N–H and O–H groups in total. The highest BCUT2D eigenvalue weighted by molar-refractivity contribution is 5.77. The molecular weight excluding hydrogens is 244 g/mol. The van der Waals surface area contributed by atoms with Crippen LogP contribution in [0.5, 0.6) is 5.75 Å². The van der Waals surface area contributed by atoms with E-state index in [0.29, 0.717) is 6.54 Å². The van der Waals surface area contributed by atoms with Crippen LogP contribution < -0.4 is 15.4 Å². The maximum atomic E-state index is 11.0. The second-order valence-electron chi connectivity index (χ2n) is 4.59. The molecule has 0 aliphatic rings. The molecule has 5 nitrogen and oxygen atoms in total. The Morgan fingerprint density at radius 2 is 1.95 bits per heavy atom. The molecule has 0 saturated carbocycles. The molecule has 0 aliphatic heterocycles. The van der Waals surface area contributed by atoms with Gasteiger partial charge in [-0.15, -0.1) is 0 Å². The summed E-state index contributed by atoms with van der Waals surface area (Å²) < 4.78 is 5.52. The maximum Gasteiger partial charge on any atom is 0.233 e. The lowest BCUT2D eigenvalue weighted by atomic mass is 10.1. The second-order valence-corrected chi connectivity index (χ2v) is 4.59. The van der Waals surface area contributed by atoms with Crippen molar-refractivity contribution < 1.29 is 14.6 Å². The molecular formula is C14H22N2O3. The van der Waals surface area contributed by atoms with E-state index in [1.807, 2.05) is 26.0 Å². The van der Waals surface area contributed by atoms with E-state index in [1.165, 1.54) is 0 Å². The molecule has 1 rings (SSSR count). The van der Waals surface area contributed by atoms with Gasteiger partial charge in [-0.3, -0.25) is 4.79 Å². The molecule has 0 radical (unpaired) electrons. The van der Waals surface area contributed by atoms with Crippen LogP contribution in [0.15, 0.2) is 18.2 Å². The van der Waals surface area contributed by atoms with Gasteiger partial charge in [0.25, 0.3) is 0 Å². The van der Waals surface area contributed by atoms with Gasteiger partial charge in [-0.1, -0.05) is 6.07 Å². The molecule has 0 heterocycles. The van der Waals surface area contributed by atoms with Crippen LogP contribution in [0.25, 0.3) is 0 Å². The van der Waals surface area contributed by atoms with Crippen LogP contribution in [0.1, 0.15) is 11.1 Å². The average molecular weight is 266 g/mol. The Kier molecular flexibility index (Phi) is 6.32. The van der Waals surface area contributed by atoms with Crippen LogP contribution in [0.2, 0.25) is 0 Å². The van der Waals surface area contributed by atoms with Crippen LogP contribution in [0.3, 0.4) is 0 Å². The first-order valence-electron chi connectivity index (χ1n) is 6.31. The molecule has 1 aromatic carbocycles. The number of nitrogens with one attached hydrogen (secondary N) is 2. The summed E-state index contributed by atoms with van der Waals surface area (Å²) in [7, 11) is 1.57. The van der Waals surface area contributed by atoms with Crippen molar-refractivity contribution in [3.05, 3.63) is 29.3 Å². The highest BCUT2D eigenvalue weighted by Gasteiger charge is 2.06. The molecule has 0 saturated heterocycles. The zero-order valence-corrected chi connectivity index (χ0v) is 11.7. The Bertz CT molecular complexity index is 401. The van der Waals surface area contributed by atoms with E-state index in [0.717, 1.165) is 16.9 Å². The van der Waals surface area contributed by atoms with E-state index in [2.05, 4.69) is 16.7 Å². The van der Waals surface area contributed by atoms with Gasteiger partial charge in [-0.2, -0.15) is 0 Å². The minimum absolute atomic E-state index is 0.109. The first-order valence-corrected chi connectivity index (χ1v) is 6.31. The van der Waals surface area contributed by atoms with Crippen LogP contribution >= 0.6 is 0 Å². The predicted octanol–water partition coefficient (Wildman–Crippen LogP) is 0.379. The summed E-state index contributed by atoms with van der Waals surface area (Å²) in [5.41, 5.74) is 2.25. The summed E-state index contributed by atoms with van der Waals surface area (Å²) in [6.07, 6.45) is -0.648. The number of carbonyl (C=O) groups is 1. The van der Waals surface area contributed by atoms with Crippen LogP contribution in [0, 0.1) is 13.8 Å². The number of carbonyl (C=O) groups excluding carboxylic acids is 1. The van der Waals surface area contributed by atoms with Gasteiger partial charge < -0.3 is 20.5 Å². The van der Waals surface area contributed by atoms with Crippen molar-refractivity contribution in [2.45, 2.75) is 20.0 Å². The maximum absolute atomic E-state index is 11.0. The van der Waals surface area contributed by atoms with Gasteiger partial charge in [0.1, 0.15) is 18.5 Å². The Labute approximate surface area is 114 Å². The summed E-state index contributed by atoms with van der Waals surface area (Å²) in [5, 5.41) is 15.1. The molecule has 1 aromatic rings. The van der Waals surface area contributed by atoms with Gasteiger partial charge in [0, 0.05) is 13.6 Å². The number of ether oxygens (including phenoxy) is 1. The van der Waals surface area contributed by atoms with Crippen LogP contribution in [-0.4, -0.2) is 43.9 Å². The van der Waals surface area contributed by atoms with E-state index >= 15 is 0 Å². The Morgan fingerprint density at radius 1 is 1.32 bits per heavy atom. The van der Waals surface area contributed by atoms with E-state index < -0.39 is 6.10 Å². The van der Waals surface area contributed by atoms with Crippen molar-refractivity contribution in [2.24, 2.45) is 0 Å². The normalized spacial score (nSPS) is 12.0. The number of aliphatic hydroxyl groups excluding tert-OH is 1. The van der Waals surface area contributed by atoms with Crippen LogP contribution in [-0.2, 0) is 4.79 Å². The summed E-state index contributed by atoms with van der Waals surface area (Å²) in [5.74, 6) is 0.644. The average Bonchev–Trinajstić information content (AvgIpc) is 2.35. The van der Waals surface area contributed by atoms with Gasteiger partial charge in [-0.25, -0.2) is 0 Å². The van der Waals surface area contributed by atoms with Gasteiger partial charge in [-0.05, 0) is 37.1 Å². The molecule has 5 heteroatoms. The SMILES string of the molecule is CNC(=O)CNCC(O)COc1cc(C)cc(C)c1. The topological polar surface area (TPSA) is 70.6 Å². The number of hydrogen-bond donors (Lipinski definition) is 3. The molecule has 106 valence electrons. The highest BCUT2D eigenvalue weighted by atomic mass is 16.5. The highest BCUT2D eigenvalue weighted by Crippen LogP contribution is 2.16. The fourth-order valence-electron chi connectivity index (χ4n) is 1.71. The first-order chi connectivity index (χ1) is 9.01. The molecule has 0 bridgehead atoms. The van der Waals surface area contributed by atoms with Crippen LogP contribution in [0.4, 0.5) is 0 Å². The lowest BCUT2D eigenvalue weighted by molar-refractivity contribution is -0.119. The largest absolute Gasteiger partial charge is 0.491 e. The van der Waals surface area contributed by atoms with E-state index in [9.17, 15) is 9.90 Å². The molecule has 0 aliphatic carbocycles. The van der Waals surface area contributed by atoms with E-state index in [1.54, 1.807) is 7.05 Å². The third-order valence-electron chi connectivity index (χ3n) is 2.58. The fourth-order valence-corrected chi connectivity index (χ4v) is 1.71. The third-order valence-corrected chi connectivity index (χ3v) is 2.58. The molecule has 0 aromatic heterocycles. The standard InChI is InChI=1S/C14H22N2O3/c1-10-4-11(2)6-13(5-10)19-9-12(17)7-16-8-14(18)15-3/h4-6,12,16-17H,7-9H2,1-3H3,(H,15,18). The minimum atomic E-state index is -0.648. The number of amides is 1. The zero-order chi connectivity index (χ0) is 14.3. The van der Waals surface area contributed by atoms with Crippen molar-refractivity contribution in [3.8, 4) is 5.75 Å². The minimum Gasteiger partial charge on any atom is -0.491 e. The third kappa shape index (κ3) is 6.22. The molecule has 19 heavy (non-hydrogen) atoms.